The molecule has 0 aliphatic heterocycles. The molecule has 0 aliphatic carbocycles. The molecular formula is C15H22N2O3. The van der Waals surface area contributed by atoms with E-state index in [0.29, 0.717) is 5.75 Å². The van der Waals surface area contributed by atoms with Crippen molar-refractivity contribution < 1.29 is 14.2 Å². The highest BCUT2D eigenvalue weighted by Crippen LogP contribution is 2.18. The fourth-order valence-corrected chi connectivity index (χ4v) is 2.04. The number of nitriles is 1. The molecule has 5 heteroatoms. The zero-order chi connectivity index (χ0) is 15.0. The van der Waals surface area contributed by atoms with Crippen molar-refractivity contribution in [2.45, 2.75) is 32.2 Å². The lowest BCUT2D eigenvalue weighted by molar-refractivity contribution is -0.120. The Hall–Kier alpha value is -1.61. The average Bonchev–Trinajstić information content (AvgIpc) is 2.46. The minimum absolute atomic E-state index is 0.0630. The summed E-state index contributed by atoms with van der Waals surface area (Å²) < 4.78 is 15.7. The van der Waals surface area contributed by atoms with Crippen molar-refractivity contribution in [1.29, 1.82) is 5.26 Å². The molecule has 1 aromatic rings. The maximum atomic E-state index is 8.46. The first-order valence-corrected chi connectivity index (χ1v) is 6.53. The van der Waals surface area contributed by atoms with Gasteiger partial charge in [-0.1, -0.05) is 12.1 Å². The Labute approximate surface area is 120 Å². The molecule has 2 unspecified atom stereocenters. The molecule has 0 amide bonds. The third kappa shape index (κ3) is 4.82. The Kier molecular flexibility index (Phi) is 7.02. The van der Waals surface area contributed by atoms with Crippen LogP contribution >= 0.6 is 0 Å². The molecule has 0 saturated heterocycles. The normalized spacial score (nSPS) is 13.8. The van der Waals surface area contributed by atoms with Gasteiger partial charge in [-0.05, 0) is 31.5 Å². The third-order valence-corrected chi connectivity index (χ3v) is 3.07. The maximum Gasteiger partial charge on any atom is 0.174 e. The van der Waals surface area contributed by atoms with Crippen molar-refractivity contribution in [3.63, 3.8) is 0 Å². The van der Waals surface area contributed by atoms with Gasteiger partial charge in [0.25, 0.3) is 0 Å². The minimum atomic E-state index is -0.282. The topological polar surface area (TPSA) is 63.5 Å². The Bertz CT molecular complexity index is 424. The van der Waals surface area contributed by atoms with Gasteiger partial charge in [0.2, 0.25) is 0 Å². The summed E-state index contributed by atoms with van der Waals surface area (Å²) in [5.74, 6) is 0.696. The van der Waals surface area contributed by atoms with Gasteiger partial charge in [-0.3, -0.25) is 0 Å². The van der Waals surface area contributed by atoms with Crippen molar-refractivity contribution >= 4 is 0 Å². The molecule has 1 aromatic carbocycles. The van der Waals surface area contributed by atoms with Crippen molar-refractivity contribution in [2.75, 3.05) is 20.8 Å². The Morgan fingerprint density at radius 3 is 2.25 bits per heavy atom. The molecular weight excluding hydrogens is 256 g/mol. The summed E-state index contributed by atoms with van der Waals surface area (Å²) in [6.45, 7) is 4.15. The van der Waals surface area contributed by atoms with Gasteiger partial charge in [-0.15, -0.1) is 0 Å². The summed E-state index contributed by atoms with van der Waals surface area (Å²) in [6, 6.07) is 9.84. The summed E-state index contributed by atoms with van der Waals surface area (Å²) in [5, 5.41) is 11.9. The van der Waals surface area contributed by atoms with Crippen LogP contribution in [0.15, 0.2) is 24.3 Å². The number of nitrogens with one attached hydrogen (secondary N) is 1. The average molecular weight is 278 g/mol. The smallest absolute Gasteiger partial charge is 0.174 e. The lowest BCUT2D eigenvalue weighted by Gasteiger charge is -2.26. The zero-order valence-electron chi connectivity index (χ0n) is 12.4. The standard InChI is InChI=1S/C15H22N2O3/c1-11(17-12(2)15(18-3)19-4)13-5-7-14(8-6-13)20-10-9-16/h5-8,11-12,15,17H,10H2,1-4H3. The number of nitrogens with zero attached hydrogens (tertiary/aromatic N) is 1. The van der Waals surface area contributed by atoms with E-state index in [1.54, 1.807) is 14.2 Å². The largest absolute Gasteiger partial charge is 0.479 e. The van der Waals surface area contributed by atoms with Crippen LogP contribution in [0, 0.1) is 11.3 Å². The second kappa shape index (κ2) is 8.54. The fourth-order valence-electron chi connectivity index (χ4n) is 2.04. The first kappa shape index (κ1) is 16.4. The van der Waals surface area contributed by atoms with Gasteiger partial charge in [-0.2, -0.15) is 5.26 Å². The highest BCUT2D eigenvalue weighted by atomic mass is 16.7. The number of hydrogen-bond donors (Lipinski definition) is 1. The molecule has 1 N–H and O–H groups in total. The van der Waals surface area contributed by atoms with Crippen LogP contribution < -0.4 is 10.1 Å². The van der Waals surface area contributed by atoms with E-state index >= 15 is 0 Å². The number of benzene rings is 1. The van der Waals surface area contributed by atoms with Gasteiger partial charge >= 0.3 is 0 Å². The highest BCUT2D eigenvalue weighted by Gasteiger charge is 2.18. The zero-order valence-corrected chi connectivity index (χ0v) is 12.4. The molecule has 2 atom stereocenters. The minimum Gasteiger partial charge on any atom is -0.479 e. The van der Waals surface area contributed by atoms with Gasteiger partial charge in [0.05, 0.1) is 6.04 Å². The monoisotopic (exact) mass is 278 g/mol. The van der Waals surface area contributed by atoms with Crippen molar-refractivity contribution in [3.8, 4) is 11.8 Å². The van der Waals surface area contributed by atoms with Crippen LogP contribution in [0.25, 0.3) is 0 Å². The molecule has 0 aliphatic rings. The van der Waals surface area contributed by atoms with Crippen LogP contribution in [0.1, 0.15) is 25.5 Å². The van der Waals surface area contributed by atoms with Crippen LogP contribution in [0.3, 0.4) is 0 Å². The molecule has 0 bridgehead atoms. The van der Waals surface area contributed by atoms with E-state index in [1.165, 1.54) is 0 Å². The first-order valence-electron chi connectivity index (χ1n) is 6.53. The maximum absolute atomic E-state index is 8.46. The Balaban J connectivity index is 2.59. The van der Waals surface area contributed by atoms with Gasteiger partial charge in [0, 0.05) is 20.3 Å². The second-order valence-electron chi connectivity index (χ2n) is 4.53. The summed E-state index contributed by atoms with van der Waals surface area (Å²) >= 11 is 0. The van der Waals surface area contributed by atoms with Gasteiger partial charge < -0.3 is 19.5 Å². The van der Waals surface area contributed by atoms with E-state index in [-0.39, 0.29) is 25.0 Å². The lowest BCUT2D eigenvalue weighted by atomic mass is 10.1. The van der Waals surface area contributed by atoms with E-state index < -0.39 is 0 Å². The van der Waals surface area contributed by atoms with Crippen LogP contribution in [0.2, 0.25) is 0 Å². The van der Waals surface area contributed by atoms with E-state index in [4.69, 9.17) is 19.5 Å². The molecule has 0 saturated carbocycles. The molecule has 0 fully saturated rings. The number of methoxy groups -OCH3 is 2. The predicted molar refractivity (Wildman–Crippen MR) is 76.4 cm³/mol. The molecule has 20 heavy (non-hydrogen) atoms. The first-order chi connectivity index (χ1) is 9.62. The van der Waals surface area contributed by atoms with E-state index in [2.05, 4.69) is 12.2 Å². The summed E-state index contributed by atoms with van der Waals surface area (Å²) in [7, 11) is 3.25. The van der Waals surface area contributed by atoms with Crippen molar-refractivity contribution in [1.82, 2.24) is 5.32 Å². The number of rotatable bonds is 8. The third-order valence-electron chi connectivity index (χ3n) is 3.07. The second-order valence-corrected chi connectivity index (χ2v) is 4.53. The summed E-state index contributed by atoms with van der Waals surface area (Å²) in [6.07, 6.45) is -0.282. The summed E-state index contributed by atoms with van der Waals surface area (Å²) in [4.78, 5) is 0. The number of hydrogen-bond acceptors (Lipinski definition) is 5. The predicted octanol–water partition coefficient (Wildman–Crippen LogP) is 2.25. The van der Waals surface area contributed by atoms with Gasteiger partial charge in [-0.25, -0.2) is 0 Å². The van der Waals surface area contributed by atoms with Crippen molar-refractivity contribution in [2.24, 2.45) is 0 Å². The van der Waals surface area contributed by atoms with Gasteiger partial charge in [0.1, 0.15) is 11.8 Å². The van der Waals surface area contributed by atoms with E-state index in [1.807, 2.05) is 37.3 Å². The van der Waals surface area contributed by atoms with Crippen LogP contribution in [0.4, 0.5) is 0 Å². The molecule has 5 nitrogen and oxygen atoms in total. The van der Waals surface area contributed by atoms with Crippen LogP contribution in [0.5, 0.6) is 5.75 Å². The highest BCUT2D eigenvalue weighted by molar-refractivity contribution is 5.29. The molecule has 0 spiro atoms. The van der Waals surface area contributed by atoms with E-state index in [0.717, 1.165) is 5.56 Å². The van der Waals surface area contributed by atoms with Gasteiger partial charge in [0.15, 0.2) is 12.9 Å². The Morgan fingerprint density at radius 1 is 1.15 bits per heavy atom. The quantitative estimate of drug-likeness (QED) is 0.739. The van der Waals surface area contributed by atoms with Crippen molar-refractivity contribution in [3.05, 3.63) is 29.8 Å². The Morgan fingerprint density at radius 2 is 1.75 bits per heavy atom. The fraction of sp³-hybridized carbons (Fsp3) is 0.533. The lowest BCUT2D eigenvalue weighted by Crippen LogP contribution is -2.40. The molecule has 0 radical (unpaired) electrons. The van der Waals surface area contributed by atoms with Crippen LogP contribution in [-0.4, -0.2) is 33.2 Å². The van der Waals surface area contributed by atoms with E-state index in [9.17, 15) is 0 Å². The number of ether oxygens (including phenoxy) is 3. The molecule has 110 valence electrons. The molecule has 0 heterocycles. The van der Waals surface area contributed by atoms with Crippen LogP contribution in [-0.2, 0) is 9.47 Å². The SMILES string of the molecule is COC(OC)C(C)NC(C)c1ccc(OCC#N)cc1. The summed E-state index contributed by atoms with van der Waals surface area (Å²) in [5.41, 5.74) is 1.13. The molecule has 0 aromatic heterocycles. The molecule has 1 rings (SSSR count).